The SMILES string of the molecule is Cc1ccc(NS(=O)(=O)c2ccc(NC(=O)C(c3ccccc3)c3ccccc3)cc2)c(C)c1. The number of rotatable bonds is 7. The second-order valence-electron chi connectivity index (χ2n) is 8.19. The first-order valence-electron chi connectivity index (χ1n) is 10.9. The van der Waals surface area contributed by atoms with Crippen molar-refractivity contribution in [3.8, 4) is 0 Å². The van der Waals surface area contributed by atoms with Crippen molar-refractivity contribution in [1.29, 1.82) is 0 Å². The van der Waals surface area contributed by atoms with E-state index in [2.05, 4.69) is 10.0 Å². The van der Waals surface area contributed by atoms with E-state index < -0.39 is 15.9 Å². The third-order valence-electron chi connectivity index (χ3n) is 5.59. The summed E-state index contributed by atoms with van der Waals surface area (Å²) >= 11 is 0. The van der Waals surface area contributed by atoms with E-state index in [9.17, 15) is 13.2 Å². The number of anilines is 2. The summed E-state index contributed by atoms with van der Waals surface area (Å²) in [5, 5.41) is 2.93. The second-order valence-corrected chi connectivity index (χ2v) is 9.87. The Kier molecular flexibility index (Phi) is 6.80. The molecule has 0 aliphatic rings. The molecule has 0 heterocycles. The molecule has 0 radical (unpaired) electrons. The van der Waals surface area contributed by atoms with Crippen LogP contribution in [0.5, 0.6) is 0 Å². The molecule has 4 rings (SSSR count). The smallest absolute Gasteiger partial charge is 0.261 e. The lowest BCUT2D eigenvalue weighted by Gasteiger charge is -2.18. The number of hydrogen-bond donors (Lipinski definition) is 2. The zero-order valence-corrected chi connectivity index (χ0v) is 19.8. The summed E-state index contributed by atoms with van der Waals surface area (Å²) in [4.78, 5) is 13.4. The van der Waals surface area contributed by atoms with Crippen LogP contribution >= 0.6 is 0 Å². The van der Waals surface area contributed by atoms with E-state index in [0.29, 0.717) is 11.4 Å². The Bertz CT molecular complexity index is 1350. The predicted molar refractivity (Wildman–Crippen MR) is 137 cm³/mol. The van der Waals surface area contributed by atoms with Gasteiger partial charge in [-0.15, -0.1) is 0 Å². The van der Waals surface area contributed by atoms with Crippen molar-refractivity contribution in [2.24, 2.45) is 0 Å². The first kappa shape index (κ1) is 23.3. The Hall–Kier alpha value is -3.90. The maximum atomic E-state index is 13.3. The molecule has 4 aromatic carbocycles. The Morgan fingerprint density at radius 2 is 1.29 bits per heavy atom. The summed E-state index contributed by atoms with van der Waals surface area (Å²) in [6.07, 6.45) is 0. The first-order chi connectivity index (χ1) is 16.3. The maximum absolute atomic E-state index is 13.3. The molecule has 0 saturated heterocycles. The van der Waals surface area contributed by atoms with Crippen molar-refractivity contribution < 1.29 is 13.2 Å². The minimum Gasteiger partial charge on any atom is -0.325 e. The van der Waals surface area contributed by atoms with Gasteiger partial charge in [0.15, 0.2) is 0 Å². The molecule has 0 aromatic heterocycles. The minimum atomic E-state index is -3.76. The van der Waals surface area contributed by atoms with Gasteiger partial charge in [-0.05, 0) is 60.9 Å². The van der Waals surface area contributed by atoms with Crippen LogP contribution in [0, 0.1) is 13.8 Å². The highest BCUT2D eigenvalue weighted by molar-refractivity contribution is 7.92. The first-order valence-corrected chi connectivity index (χ1v) is 12.4. The van der Waals surface area contributed by atoms with Gasteiger partial charge >= 0.3 is 0 Å². The van der Waals surface area contributed by atoms with Gasteiger partial charge in [0, 0.05) is 5.69 Å². The van der Waals surface area contributed by atoms with Crippen molar-refractivity contribution in [2.75, 3.05) is 10.0 Å². The molecular formula is C28H26N2O3S. The number of sulfonamides is 1. The van der Waals surface area contributed by atoms with Crippen molar-refractivity contribution in [3.05, 3.63) is 125 Å². The molecule has 34 heavy (non-hydrogen) atoms. The maximum Gasteiger partial charge on any atom is 0.261 e. The lowest BCUT2D eigenvalue weighted by molar-refractivity contribution is -0.116. The quantitative estimate of drug-likeness (QED) is 0.354. The Labute approximate surface area is 200 Å². The number of amides is 1. The van der Waals surface area contributed by atoms with E-state index in [4.69, 9.17) is 0 Å². The Morgan fingerprint density at radius 1 is 0.735 bits per heavy atom. The number of carbonyl (C=O) groups excluding carboxylic acids is 1. The highest BCUT2D eigenvalue weighted by Crippen LogP contribution is 2.27. The van der Waals surface area contributed by atoms with Crippen LogP contribution in [-0.2, 0) is 14.8 Å². The van der Waals surface area contributed by atoms with E-state index in [1.165, 1.54) is 12.1 Å². The molecule has 0 bridgehead atoms. The molecule has 0 aliphatic carbocycles. The third-order valence-corrected chi connectivity index (χ3v) is 6.97. The van der Waals surface area contributed by atoms with Crippen LogP contribution in [0.1, 0.15) is 28.2 Å². The third kappa shape index (κ3) is 5.35. The molecule has 0 atom stereocenters. The van der Waals surface area contributed by atoms with Gasteiger partial charge in [-0.3, -0.25) is 9.52 Å². The highest BCUT2D eigenvalue weighted by Gasteiger charge is 2.23. The van der Waals surface area contributed by atoms with Crippen LogP contribution < -0.4 is 10.0 Å². The summed E-state index contributed by atoms with van der Waals surface area (Å²) in [6, 6.07) is 30.8. The van der Waals surface area contributed by atoms with Gasteiger partial charge in [-0.1, -0.05) is 78.4 Å². The lowest BCUT2D eigenvalue weighted by Crippen LogP contribution is -2.22. The second kappa shape index (κ2) is 9.93. The van der Waals surface area contributed by atoms with Gasteiger partial charge in [0.1, 0.15) is 0 Å². The van der Waals surface area contributed by atoms with Gasteiger partial charge in [0.25, 0.3) is 10.0 Å². The van der Waals surface area contributed by atoms with Crippen molar-refractivity contribution in [2.45, 2.75) is 24.7 Å². The molecule has 4 aromatic rings. The molecule has 0 unspecified atom stereocenters. The van der Waals surface area contributed by atoms with Crippen LogP contribution in [0.2, 0.25) is 0 Å². The molecule has 0 aliphatic heterocycles. The van der Waals surface area contributed by atoms with Crippen LogP contribution in [-0.4, -0.2) is 14.3 Å². The van der Waals surface area contributed by atoms with Gasteiger partial charge in [0.2, 0.25) is 5.91 Å². The topological polar surface area (TPSA) is 75.3 Å². The summed E-state index contributed by atoms with van der Waals surface area (Å²) in [5.74, 6) is -0.682. The molecule has 172 valence electrons. The molecule has 1 amide bonds. The fraction of sp³-hybridized carbons (Fsp3) is 0.107. The summed E-state index contributed by atoms with van der Waals surface area (Å²) < 4.78 is 28.3. The Balaban J connectivity index is 1.54. The molecule has 0 fully saturated rings. The predicted octanol–water partition coefficient (Wildman–Crippen LogP) is 5.87. The molecule has 0 spiro atoms. The molecule has 6 heteroatoms. The fourth-order valence-electron chi connectivity index (χ4n) is 3.85. The monoisotopic (exact) mass is 470 g/mol. The van der Waals surface area contributed by atoms with Gasteiger partial charge in [-0.2, -0.15) is 0 Å². The number of aryl methyl sites for hydroxylation is 2. The average molecular weight is 471 g/mol. The van der Waals surface area contributed by atoms with Crippen LogP contribution in [0.4, 0.5) is 11.4 Å². The summed E-state index contributed by atoms with van der Waals surface area (Å²) in [5.41, 5.74) is 4.72. The van der Waals surface area contributed by atoms with Gasteiger partial charge in [0.05, 0.1) is 16.5 Å². The van der Waals surface area contributed by atoms with Crippen LogP contribution in [0.3, 0.4) is 0 Å². The van der Waals surface area contributed by atoms with Crippen molar-refractivity contribution >= 4 is 27.3 Å². The van der Waals surface area contributed by atoms with E-state index >= 15 is 0 Å². The normalized spacial score (nSPS) is 11.3. The largest absolute Gasteiger partial charge is 0.325 e. The fourth-order valence-corrected chi connectivity index (χ4v) is 4.98. The molecule has 0 saturated carbocycles. The zero-order chi connectivity index (χ0) is 24.1. The highest BCUT2D eigenvalue weighted by atomic mass is 32.2. The van der Waals surface area contributed by atoms with E-state index in [0.717, 1.165) is 22.3 Å². The van der Waals surface area contributed by atoms with Crippen molar-refractivity contribution in [3.63, 3.8) is 0 Å². The van der Waals surface area contributed by atoms with Gasteiger partial charge in [-0.25, -0.2) is 8.42 Å². The standard InChI is InChI=1S/C28H26N2O3S/c1-20-13-18-26(21(2)19-20)30-34(32,33)25-16-14-24(15-17-25)29-28(31)27(22-9-5-3-6-10-22)23-11-7-4-8-12-23/h3-19,27,30H,1-2H3,(H,29,31). The number of nitrogens with one attached hydrogen (secondary N) is 2. The van der Waals surface area contributed by atoms with Gasteiger partial charge < -0.3 is 5.32 Å². The minimum absolute atomic E-state index is 0.119. The van der Waals surface area contributed by atoms with Crippen LogP contribution in [0.25, 0.3) is 0 Å². The molecule has 5 nitrogen and oxygen atoms in total. The summed E-state index contributed by atoms with van der Waals surface area (Å²) in [6.45, 7) is 3.82. The summed E-state index contributed by atoms with van der Waals surface area (Å²) in [7, 11) is -3.76. The van der Waals surface area contributed by atoms with E-state index in [1.807, 2.05) is 86.6 Å². The average Bonchev–Trinajstić information content (AvgIpc) is 2.83. The lowest BCUT2D eigenvalue weighted by atomic mass is 9.90. The molecule has 2 N–H and O–H groups in total. The van der Waals surface area contributed by atoms with E-state index in [1.54, 1.807) is 18.2 Å². The number of benzene rings is 4. The number of hydrogen-bond acceptors (Lipinski definition) is 3. The van der Waals surface area contributed by atoms with Crippen molar-refractivity contribution in [1.82, 2.24) is 0 Å². The van der Waals surface area contributed by atoms with E-state index in [-0.39, 0.29) is 10.8 Å². The zero-order valence-electron chi connectivity index (χ0n) is 19.0. The Morgan fingerprint density at radius 3 is 1.82 bits per heavy atom. The molecular weight excluding hydrogens is 444 g/mol. The van der Waals surface area contributed by atoms with Crippen LogP contribution in [0.15, 0.2) is 108 Å². The number of carbonyl (C=O) groups is 1.